The summed E-state index contributed by atoms with van der Waals surface area (Å²) in [6.07, 6.45) is 6.04. The summed E-state index contributed by atoms with van der Waals surface area (Å²) in [4.78, 5) is 0. The van der Waals surface area contributed by atoms with Crippen LogP contribution in [0.15, 0.2) is 46.9 Å². The number of aryl methyl sites for hydroxylation is 2. The van der Waals surface area contributed by atoms with Crippen molar-refractivity contribution in [3.63, 3.8) is 0 Å². The van der Waals surface area contributed by atoms with Gasteiger partial charge in [0.1, 0.15) is 0 Å². The molecule has 22 heavy (non-hydrogen) atoms. The maximum absolute atomic E-state index is 3.52. The molecule has 2 aromatic rings. The zero-order valence-corrected chi connectivity index (χ0v) is 15.0. The van der Waals surface area contributed by atoms with E-state index in [4.69, 9.17) is 0 Å². The first-order valence-corrected chi connectivity index (χ1v) is 8.91. The standard InChI is InChI=1S/C21H23Br/c1-3-5-6-7-17-8-10-18(11-9-17)12-13-20-14-15-21(22)16-19(20)4-2/h8-11,14-16H,3-7H2,1-2H3. The number of hydrogen-bond donors (Lipinski definition) is 0. The Hall–Kier alpha value is -1.52. The van der Waals surface area contributed by atoms with Crippen LogP contribution in [0.4, 0.5) is 0 Å². The molecule has 0 unspecified atom stereocenters. The predicted molar refractivity (Wildman–Crippen MR) is 99.2 cm³/mol. The fourth-order valence-electron chi connectivity index (χ4n) is 2.45. The monoisotopic (exact) mass is 354 g/mol. The smallest absolute Gasteiger partial charge is 0.0281 e. The van der Waals surface area contributed by atoms with Gasteiger partial charge < -0.3 is 0 Å². The molecule has 0 N–H and O–H groups in total. The van der Waals surface area contributed by atoms with Gasteiger partial charge in [0.25, 0.3) is 0 Å². The van der Waals surface area contributed by atoms with Gasteiger partial charge in [-0.2, -0.15) is 0 Å². The normalized spacial score (nSPS) is 10.1. The van der Waals surface area contributed by atoms with Crippen LogP contribution in [0.1, 0.15) is 55.4 Å². The number of halogens is 1. The van der Waals surface area contributed by atoms with E-state index in [1.165, 1.54) is 36.8 Å². The van der Waals surface area contributed by atoms with Gasteiger partial charge in [0, 0.05) is 15.6 Å². The summed E-state index contributed by atoms with van der Waals surface area (Å²) < 4.78 is 1.12. The number of benzene rings is 2. The highest BCUT2D eigenvalue weighted by Gasteiger charge is 1.98. The maximum atomic E-state index is 3.52. The van der Waals surface area contributed by atoms with Crippen LogP contribution < -0.4 is 0 Å². The van der Waals surface area contributed by atoms with Gasteiger partial charge in [-0.3, -0.25) is 0 Å². The van der Waals surface area contributed by atoms with Crippen molar-refractivity contribution >= 4 is 15.9 Å². The molecule has 0 atom stereocenters. The van der Waals surface area contributed by atoms with Gasteiger partial charge in [0.15, 0.2) is 0 Å². The third-order valence-electron chi connectivity index (χ3n) is 3.81. The largest absolute Gasteiger partial charge is 0.0654 e. The average molecular weight is 355 g/mol. The van der Waals surface area contributed by atoms with E-state index in [2.05, 4.69) is 84.1 Å². The minimum atomic E-state index is 1.000. The second-order valence-corrected chi connectivity index (χ2v) is 6.47. The first kappa shape index (κ1) is 16.8. The third kappa shape index (κ3) is 5.04. The van der Waals surface area contributed by atoms with Gasteiger partial charge in [0.05, 0.1) is 0 Å². The van der Waals surface area contributed by atoms with E-state index in [-0.39, 0.29) is 0 Å². The molecule has 0 aromatic heterocycles. The van der Waals surface area contributed by atoms with Crippen molar-refractivity contribution in [2.24, 2.45) is 0 Å². The van der Waals surface area contributed by atoms with E-state index < -0.39 is 0 Å². The molecule has 0 bridgehead atoms. The molecule has 0 saturated carbocycles. The number of rotatable bonds is 5. The number of unbranched alkanes of at least 4 members (excludes halogenated alkanes) is 2. The molecule has 114 valence electrons. The van der Waals surface area contributed by atoms with Crippen molar-refractivity contribution in [1.82, 2.24) is 0 Å². The van der Waals surface area contributed by atoms with Crippen molar-refractivity contribution in [2.45, 2.75) is 46.0 Å². The Kier molecular flexibility index (Phi) is 6.74. The summed E-state index contributed by atoms with van der Waals surface area (Å²) in [5, 5.41) is 0. The molecule has 0 fully saturated rings. The first-order chi connectivity index (χ1) is 10.7. The van der Waals surface area contributed by atoms with Crippen molar-refractivity contribution in [3.05, 3.63) is 69.2 Å². The molecule has 0 radical (unpaired) electrons. The Morgan fingerprint density at radius 3 is 2.36 bits per heavy atom. The molecule has 0 saturated heterocycles. The van der Waals surface area contributed by atoms with Gasteiger partial charge in [-0.1, -0.05) is 66.6 Å². The lowest BCUT2D eigenvalue weighted by Gasteiger charge is -2.02. The van der Waals surface area contributed by atoms with Gasteiger partial charge >= 0.3 is 0 Å². The van der Waals surface area contributed by atoms with Crippen LogP contribution >= 0.6 is 15.9 Å². The molecule has 1 heteroatoms. The van der Waals surface area contributed by atoms with Crippen LogP contribution in [-0.2, 0) is 12.8 Å². The summed E-state index contributed by atoms with van der Waals surface area (Å²) in [5.41, 5.74) is 4.91. The summed E-state index contributed by atoms with van der Waals surface area (Å²) in [6, 6.07) is 15.0. The van der Waals surface area contributed by atoms with Crippen LogP contribution in [0.3, 0.4) is 0 Å². The Balaban J connectivity index is 2.08. The fourth-order valence-corrected chi connectivity index (χ4v) is 2.86. The fraction of sp³-hybridized carbons (Fsp3) is 0.333. The quantitative estimate of drug-likeness (QED) is 0.446. The van der Waals surface area contributed by atoms with Gasteiger partial charge in [-0.25, -0.2) is 0 Å². The van der Waals surface area contributed by atoms with E-state index in [0.717, 1.165) is 22.0 Å². The molecule has 0 aliphatic heterocycles. The van der Waals surface area contributed by atoms with E-state index in [1.807, 2.05) is 0 Å². The lowest BCUT2D eigenvalue weighted by Crippen LogP contribution is -1.88. The van der Waals surface area contributed by atoms with Crippen molar-refractivity contribution < 1.29 is 0 Å². The van der Waals surface area contributed by atoms with E-state index in [1.54, 1.807) is 0 Å². The summed E-state index contributed by atoms with van der Waals surface area (Å²) in [7, 11) is 0. The SMILES string of the molecule is CCCCCc1ccc(C#Cc2ccc(Br)cc2CC)cc1. The first-order valence-electron chi connectivity index (χ1n) is 8.12. The van der Waals surface area contributed by atoms with Crippen LogP contribution in [-0.4, -0.2) is 0 Å². The zero-order valence-electron chi connectivity index (χ0n) is 13.5. The third-order valence-corrected chi connectivity index (χ3v) is 4.31. The highest BCUT2D eigenvalue weighted by atomic mass is 79.9. The molecule has 0 aliphatic carbocycles. The Bertz CT molecular complexity index is 657. The Labute approximate surface area is 143 Å². The lowest BCUT2D eigenvalue weighted by atomic mass is 10.0. The molecule has 0 amide bonds. The van der Waals surface area contributed by atoms with Crippen LogP contribution in [0.5, 0.6) is 0 Å². The highest BCUT2D eigenvalue weighted by molar-refractivity contribution is 9.10. The second kappa shape index (κ2) is 8.81. The summed E-state index contributed by atoms with van der Waals surface area (Å²) in [6.45, 7) is 4.41. The van der Waals surface area contributed by atoms with Crippen molar-refractivity contribution in [2.75, 3.05) is 0 Å². The van der Waals surface area contributed by atoms with Crippen molar-refractivity contribution in [1.29, 1.82) is 0 Å². The molecule has 0 spiro atoms. The van der Waals surface area contributed by atoms with Gasteiger partial charge in [-0.15, -0.1) is 0 Å². The molecule has 0 nitrogen and oxygen atoms in total. The van der Waals surface area contributed by atoms with Crippen LogP contribution in [0.25, 0.3) is 0 Å². The second-order valence-electron chi connectivity index (χ2n) is 5.56. The minimum absolute atomic E-state index is 1.000. The van der Waals surface area contributed by atoms with Crippen LogP contribution in [0.2, 0.25) is 0 Å². The average Bonchev–Trinajstić information content (AvgIpc) is 2.55. The maximum Gasteiger partial charge on any atom is 0.0281 e. The molecule has 0 aliphatic rings. The topological polar surface area (TPSA) is 0 Å². The predicted octanol–water partition coefficient (Wildman–Crippen LogP) is 6.14. The lowest BCUT2D eigenvalue weighted by molar-refractivity contribution is 0.717. The van der Waals surface area contributed by atoms with Crippen LogP contribution in [0, 0.1) is 11.8 Å². The summed E-state index contributed by atoms with van der Waals surface area (Å²) >= 11 is 3.52. The molecular formula is C21H23Br. The molecule has 0 heterocycles. The van der Waals surface area contributed by atoms with E-state index in [0.29, 0.717) is 0 Å². The molecular weight excluding hydrogens is 332 g/mol. The Morgan fingerprint density at radius 1 is 0.909 bits per heavy atom. The molecule has 2 rings (SSSR count). The highest BCUT2D eigenvalue weighted by Crippen LogP contribution is 2.17. The van der Waals surface area contributed by atoms with E-state index >= 15 is 0 Å². The Morgan fingerprint density at radius 2 is 1.68 bits per heavy atom. The van der Waals surface area contributed by atoms with Gasteiger partial charge in [-0.05, 0) is 60.7 Å². The van der Waals surface area contributed by atoms with Crippen molar-refractivity contribution in [3.8, 4) is 11.8 Å². The zero-order chi connectivity index (χ0) is 15.8. The summed E-state index contributed by atoms with van der Waals surface area (Å²) in [5.74, 6) is 6.59. The van der Waals surface area contributed by atoms with Gasteiger partial charge in [0.2, 0.25) is 0 Å². The number of hydrogen-bond acceptors (Lipinski definition) is 0. The molecule has 2 aromatic carbocycles. The minimum Gasteiger partial charge on any atom is -0.0654 e. The van der Waals surface area contributed by atoms with E-state index in [9.17, 15) is 0 Å².